The van der Waals surface area contributed by atoms with Crippen LogP contribution in [0.3, 0.4) is 0 Å². The van der Waals surface area contributed by atoms with Crippen LogP contribution in [-0.2, 0) is 11.2 Å². The molecular formula is C14H11Br3N2O. The molecule has 0 atom stereocenters. The van der Waals surface area contributed by atoms with Crippen molar-refractivity contribution >= 4 is 65.1 Å². The normalized spacial score (nSPS) is 10.3. The molecule has 0 aromatic heterocycles. The van der Waals surface area contributed by atoms with Crippen LogP contribution in [-0.4, -0.2) is 5.91 Å². The van der Waals surface area contributed by atoms with E-state index in [1.165, 1.54) is 0 Å². The highest BCUT2D eigenvalue weighted by atomic mass is 79.9. The number of benzene rings is 2. The molecule has 0 heterocycles. The average Bonchev–Trinajstić information content (AvgIpc) is 2.36. The number of hydrogen-bond donors (Lipinski definition) is 2. The monoisotopic (exact) mass is 460 g/mol. The predicted molar refractivity (Wildman–Crippen MR) is 92.7 cm³/mol. The van der Waals surface area contributed by atoms with Crippen molar-refractivity contribution in [1.82, 2.24) is 0 Å². The summed E-state index contributed by atoms with van der Waals surface area (Å²) in [6.45, 7) is 0. The fourth-order valence-electron chi connectivity index (χ4n) is 1.70. The zero-order valence-electron chi connectivity index (χ0n) is 10.3. The molecule has 3 nitrogen and oxygen atoms in total. The summed E-state index contributed by atoms with van der Waals surface area (Å²) in [7, 11) is 0. The predicted octanol–water partition coefficient (Wildman–Crippen LogP) is 4.74. The largest absolute Gasteiger partial charge is 0.397 e. The van der Waals surface area contributed by atoms with Crippen LogP contribution in [0.25, 0.3) is 0 Å². The number of rotatable bonds is 3. The Morgan fingerprint density at radius 1 is 1.05 bits per heavy atom. The van der Waals surface area contributed by atoms with Gasteiger partial charge < -0.3 is 11.1 Å². The second-order valence-electron chi connectivity index (χ2n) is 4.20. The van der Waals surface area contributed by atoms with Gasteiger partial charge >= 0.3 is 0 Å². The van der Waals surface area contributed by atoms with Crippen molar-refractivity contribution in [2.24, 2.45) is 0 Å². The number of halogens is 3. The Morgan fingerprint density at radius 2 is 1.70 bits per heavy atom. The Kier molecular flexibility index (Phi) is 5.23. The zero-order chi connectivity index (χ0) is 14.7. The van der Waals surface area contributed by atoms with Crippen molar-refractivity contribution in [3.8, 4) is 0 Å². The van der Waals surface area contributed by atoms with Crippen LogP contribution < -0.4 is 11.1 Å². The van der Waals surface area contributed by atoms with E-state index in [-0.39, 0.29) is 5.91 Å². The topological polar surface area (TPSA) is 55.1 Å². The van der Waals surface area contributed by atoms with Crippen LogP contribution in [0, 0.1) is 0 Å². The van der Waals surface area contributed by atoms with Gasteiger partial charge in [-0.2, -0.15) is 0 Å². The molecule has 0 aliphatic carbocycles. The number of nitrogen functional groups attached to an aromatic ring is 1. The fourth-order valence-corrected chi connectivity index (χ4v) is 3.32. The van der Waals surface area contributed by atoms with Gasteiger partial charge in [0.1, 0.15) is 0 Å². The number of carbonyl (C=O) groups is 1. The number of nitrogens with one attached hydrogen (secondary N) is 1. The fraction of sp³-hybridized carbons (Fsp3) is 0.0714. The van der Waals surface area contributed by atoms with Gasteiger partial charge in [-0.3, -0.25) is 4.79 Å². The minimum atomic E-state index is -0.109. The van der Waals surface area contributed by atoms with Crippen LogP contribution in [0.15, 0.2) is 49.8 Å². The summed E-state index contributed by atoms with van der Waals surface area (Å²) in [6, 6.07) is 11.2. The highest BCUT2D eigenvalue weighted by molar-refractivity contribution is 9.11. The highest BCUT2D eigenvalue weighted by Gasteiger charge is 2.10. The Morgan fingerprint density at radius 3 is 2.30 bits per heavy atom. The van der Waals surface area contributed by atoms with E-state index in [1.54, 1.807) is 6.07 Å². The average molecular weight is 463 g/mol. The van der Waals surface area contributed by atoms with Crippen molar-refractivity contribution in [2.45, 2.75) is 6.42 Å². The molecule has 3 N–H and O–H groups in total. The molecule has 0 aliphatic heterocycles. The van der Waals surface area contributed by atoms with Crippen LogP contribution in [0.2, 0.25) is 0 Å². The van der Waals surface area contributed by atoms with Gasteiger partial charge in [0.15, 0.2) is 0 Å². The van der Waals surface area contributed by atoms with E-state index in [2.05, 4.69) is 53.1 Å². The lowest BCUT2D eigenvalue weighted by Gasteiger charge is -2.11. The van der Waals surface area contributed by atoms with E-state index in [9.17, 15) is 4.79 Å². The third-order valence-electron chi connectivity index (χ3n) is 2.63. The number of hydrogen-bond acceptors (Lipinski definition) is 2. The number of amides is 1. The molecule has 2 rings (SSSR count). The highest BCUT2D eigenvalue weighted by Crippen LogP contribution is 2.32. The Labute approximate surface area is 142 Å². The van der Waals surface area contributed by atoms with Gasteiger partial charge in [0.05, 0.1) is 17.8 Å². The van der Waals surface area contributed by atoms with Crippen LogP contribution in [0.5, 0.6) is 0 Å². The van der Waals surface area contributed by atoms with Gasteiger partial charge in [-0.15, -0.1) is 0 Å². The molecule has 0 radical (unpaired) electrons. The van der Waals surface area contributed by atoms with E-state index in [1.807, 2.05) is 30.3 Å². The molecule has 0 bridgehead atoms. The Bertz CT molecular complexity index is 618. The minimum absolute atomic E-state index is 0.109. The number of anilines is 2. The summed E-state index contributed by atoms with van der Waals surface area (Å²) in [5.74, 6) is -0.109. The van der Waals surface area contributed by atoms with E-state index in [4.69, 9.17) is 5.73 Å². The number of nitrogens with two attached hydrogens (primary N) is 1. The lowest BCUT2D eigenvalue weighted by atomic mass is 10.1. The van der Waals surface area contributed by atoms with Gasteiger partial charge in [-0.25, -0.2) is 0 Å². The molecule has 0 aliphatic rings. The third kappa shape index (κ3) is 4.07. The van der Waals surface area contributed by atoms with Crippen LogP contribution >= 0.6 is 47.8 Å². The Hall–Kier alpha value is -0.850. The minimum Gasteiger partial charge on any atom is -0.397 e. The van der Waals surface area contributed by atoms with Crippen LogP contribution in [0.1, 0.15) is 5.56 Å². The molecular weight excluding hydrogens is 452 g/mol. The van der Waals surface area contributed by atoms with Gasteiger partial charge in [0.2, 0.25) is 5.91 Å². The maximum atomic E-state index is 12.0. The van der Waals surface area contributed by atoms with E-state index in [0.29, 0.717) is 17.8 Å². The molecule has 0 unspecified atom stereocenters. The smallest absolute Gasteiger partial charge is 0.228 e. The van der Waals surface area contributed by atoms with Gasteiger partial charge in [-0.05, 0) is 45.8 Å². The van der Waals surface area contributed by atoms with Gasteiger partial charge in [0.25, 0.3) is 0 Å². The second kappa shape index (κ2) is 6.74. The molecule has 0 spiro atoms. The van der Waals surface area contributed by atoms with E-state index < -0.39 is 0 Å². The second-order valence-corrected chi connectivity index (χ2v) is 6.89. The molecule has 6 heteroatoms. The first-order chi connectivity index (χ1) is 9.45. The van der Waals surface area contributed by atoms with E-state index >= 15 is 0 Å². The summed E-state index contributed by atoms with van der Waals surface area (Å²) >= 11 is 10.1. The first-order valence-electron chi connectivity index (χ1n) is 5.74. The van der Waals surface area contributed by atoms with Gasteiger partial charge in [-0.1, -0.05) is 44.0 Å². The van der Waals surface area contributed by atoms with Crippen molar-refractivity contribution in [3.63, 3.8) is 0 Å². The first kappa shape index (κ1) is 15.5. The molecule has 0 fully saturated rings. The summed E-state index contributed by atoms with van der Waals surface area (Å²) in [4.78, 5) is 12.0. The van der Waals surface area contributed by atoms with Crippen molar-refractivity contribution in [3.05, 3.63) is 55.4 Å². The van der Waals surface area contributed by atoms with Crippen molar-refractivity contribution in [2.75, 3.05) is 11.1 Å². The standard InChI is InChI=1S/C14H11Br3N2O/c15-9-3-1-8(2-4-9)5-13(20)19-14-11(17)6-10(16)7-12(14)18/h1-4,6-7H,5,18H2,(H,19,20). The molecule has 2 aromatic rings. The van der Waals surface area contributed by atoms with Gasteiger partial charge in [0, 0.05) is 13.4 Å². The maximum Gasteiger partial charge on any atom is 0.228 e. The summed E-state index contributed by atoms with van der Waals surface area (Å²) in [6.07, 6.45) is 0.301. The molecule has 1 amide bonds. The van der Waals surface area contributed by atoms with Crippen LogP contribution in [0.4, 0.5) is 11.4 Å². The quantitative estimate of drug-likeness (QED) is 0.647. The lowest BCUT2D eigenvalue weighted by Crippen LogP contribution is -2.16. The lowest BCUT2D eigenvalue weighted by molar-refractivity contribution is -0.115. The van der Waals surface area contributed by atoms with E-state index in [0.717, 1.165) is 19.0 Å². The third-order valence-corrected chi connectivity index (χ3v) is 4.24. The Balaban J connectivity index is 2.10. The maximum absolute atomic E-state index is 12.0. The summed E-state index contributed by atoms with van der Waals surface area (Å²) in [5, 5.41) is 2.83. The molecule has 0 saturated heterocycles. The first-order valence-corrected chi connectivity index (χ1v) is 8.12. The molecule has 2 aromatic carbocycles. The molecule has 104 valence electrons. The van der Waals surface area contributed by atoms with Crippen molar-refractivity contribution in [1.29, 1.82) is 0 Å². The summed E-state index contributed by atoms with van der Waals surface area (Å²) in [5.41, 5.74) is 7.95. The molecule has 0 saturated carbocycles. The molecule has 20 heavy (non-hydrogen) atoms. The SMILES string of the molecule is Nc1cc(Br)cc(Br)c1NC(=O)Cc1ccc(Br)cc1. The number of carbonyl (C=O) groups excluding carboxylic acids is 1. The van der Waals surface area contributed by atoms with Crippen molar-refractivity contribution < 1.29 is 4.79 Å². The zero-order valence-corrected chi connectivity index (χ0v) is 15.0. The summed E-state index contributed by atoms with van der Waals surface area (Å²) < 4.78 is 2.59.